The van der Waals surface area contributed by atoms with Crippen molar-refractivity contribution in [3.63, 3.8) is 0 Å². The Kier molecular flexibility index (Phi) is 4.60. The van der Waals surface area contributed by atoms with Crippen molar-refractivity contribution in [1.82, 2.24) is 4.72 Å². The van der Waals surface area contributed by atoms with E-state index < -0.39 is 10.0 Å². The van der Waals surface area contributed by atoms with Crippen LogP contribution in [-0.4, -0.2) is 8.42 Å². The van der Waals surface area contributed by atoms with Crippen LogP contribution in [0.3, 0.4) is 0 Å². The minimum atomic E-state index is -3.49. The van der Waals surface area contributed by atoms with E-state index in [1.54, 1.807) is 24.3 Å². The van der Waals surface area contributed by atoms with Crippen molar-refractivity contribution in [3.8, 4) is 0 Å². The monoisotopic (exact) mass is 409 g/mol. The minimum absolute atomic E-state index is 0.248. The van der Waals surface area contributed by atoms with Gasteiger partial charge >= 0.3 is 0 Å². The Bertz CT molecular complexity index is 653. The summed E-state index contributed by atoms with van der Waals surface area (Å²) in [4.78, 5) is 1.20. The molecule has 0 bridgehead atoms. The van der Waals surface area contributed by atoms with Crippen molar-refractivity contribution in [2.75, 3.05) is 0 Å². The van der Waals surface area contributed by atoms with Crippen molar-refractivity contribution in [2.45, 2.75) is 11.4 Å². The molecule has 0 radical (unpaired) electrons. The maximum atomic E-state index is 12.1. The van der Waals surface area contributed by atoms with Gasteiger partial charge in [-0.2, -0.15) is 0 Å². The summed E-state index contributed by atoms with van der Waals surface area (Å²) in [5.41, 5.74) is 0. The zero-order chi connectivity index (χ0) is 13.2. The molecule has 2 rings (SSSR count). The molecule has 0 saturated heterocycles. The van der Waals surface area contributed by atoms with Crippen molar-refractivity contribution in [3.05, 3.63) is 49.5 Å². The molecule has 3 nitrogen and oxygen atoms in total. The third-order valence-corrected chi connectivity index (χ3v) is 6.58. The number of thiophene rings is 1. The minimum Gasteiger partial charge on any atom is -0.207 e. The highest BCUT2D eigenvalue weighted by Gasteiger charge is 2.17. The Labute approximate surface area is 127 Å². The van der Waals surface area contributed by atoms with Gasteiger partial charge in [0.1, 0.15) is 0 Å². The molecule has 96 valence electrons. The van der Waals surface area contributed by atoms with E-state index >= 15 is 0 Å². The average molecular weight is 411 g/mol. The van der Waals surface area contributed by atoms with Crippen LogP contribution in [0.25, 0.3) is 0 Å². The standard InChI is InChI=1S/C11H9Br2NO2S2/c12-8-5-6-17-10(8)7-14-18(15,16)11-4-2-1-3-9(11)13/h1-6,14H,7H2. The van der Waals surface area contributed by atoms with E-state index in [9.17, 15) is 8.42 Å². The zero-order valence-electron chi connectivity index (χ0n) is 9.06. The lowest BCUT2D eigenvalue weighted by Crippen LogP contribution is -2.23. The lowest BCUT2D eigenvalue weighted by atomic mass is 10.4. The first-order valence-corrected chi connectivity index (χ1v) is 8.91. The number of halogens is 2. The maximum absolute atomic E-state index is 12.1. The third-order valence-electron chi connectivity index (χ3n) is 2.24. The molecule has 18 heavy (non-hydrogen) atoms. The molecule has 1 aromatic heterocycles. The first kappa shape index (κ1) is 14.2. The van der Waals surface area contributed by atoms with E-state index in [-0.39, 0.29) is 11.4 Å². The van der Waals surface area contributed by atoms with Crippen LogP contribution in [0.4, 0.5) is 0 Å². The molecule has 0 saturated carbocycles. The van der Waals surface area contributed by atoms with E-state index in [2.05, 4.69) is 36.6 Å². The van der Waals surface area contributed by atoms with E-state index in [0.717, 1.165) is 9.35 Å². The Morgan fingerprint density at radius 1 is 1.11 bits per heavy atom. The second kappa shape index (κ2) is 5.83. The van der Waals surface area contributed by atoms with Crippen LogP contribution < -0.4 is 4.72 Å². The number of benzene rings is 1. The second-order valence-electron chi connectivity index (χ2n) is 3.45. The van der Waals surface area contributed by atoms with Crippen LogP contribution >= 0.6 is 43.2 Å². The molecule has 0 atom stereocenters. The van der Waals surface area contributed by atoms with Gasteiger partial charge in [0.05, 0.1) is 4.90 Å². The fourth-order valence-electron chi connectivity index (χ4n) is 1.35. The summed E-state index contributed by atoms with van der Waals surface area (Å²) in [6.07, 6.45) is 0. The lowest BCUT2D eigenvalue weighted by molar-refractivity contribution is 0.581. The van der Waals surface area contributed by atoms with Gasteiger partial charge in [-0.25, -0.2) is 13.1 Å². The van der Waals surface area contributed by atoms with Crippen molar-refractivity contribution in [2.24, 2.45) is 0 Å². The van der Waals surface area contributed by atoms with Gasteiger partial charge in [-0.3, -0.25) is 0 Å². The van der Waals surface area contributed by atoms with Crippen LogP contribution in [0.15, 0.2) is 49.6 Å². The van der Waals surface area contributed by atoms with E-state index in [4.69, 9.17) is 0 Å². The Morgan fingerprint density at radius 3 is 2.44 bits per heavy atom. The molecule has 0 aliphatic rings. The predicted octanol–water partition coefficient (Wildman–Crippen LogP) is 3.75. The molecule has 0 fully saturated rings. The van der Waals surface area contributed by atoms with Crippen LogP contribution in [0, 0.1) is 0 Å². The van der Waals surface area contributed by atoms with Gasteiger partial charge in [0.25, 0.3) is 0 Å². The predicted molar refractivity (Wildman–Crippen MR) is 80.2 cm³/mol. The molecule has 0 aliphatic heterocycles. The average Bonchev–Trinajstić information content (AvgIpc) is 2.73. The summed E-state index contributed by atoms with van der Waals surface area (Å²) in [5, 5.41) is 1.91. The van der Waals surface area contributed by atoms with Gasteiger partial charge in [0, 0.05) is 20.4 Å². The van der Waals surface area contributed by atoms with Gasteiger partial charge in [0.2, 0.25) is 10.0 Å². The smallest absolute Gasteiger partial charge is 0.207 e. The van der Waals surface area contributed by atoms with Crippen LogP contribution in [-0.2, 0) is 16.6 Å². The zero-order valence-corrected chi connectivity index (χ0v) is 13.9. The quantitative estimate of drug-likeness (QED) is 0.834. The van der Waals surface area contributed by atoms with Gasteiger partial charge in [-0.05, 0) is 55.4 Å². The Morgan fingerprint density at radius 2 is 1.83 bits per heavy atom. The summed E-state index contributed by atoms with van der Waals surface area (Å²) in [6, 6.07) is 8.64. The fourth-order valence-corrected chi connectivity index (χ4v) is 4.87. The summed E-state index contributed by atoms with van der Waals surface area (Å²) >= 11 is 8.11. The maximum Gasteiger partial charge on any atom is 0.242 e. The Hall–Kier alpha value is -0.210. The summed E-state index contributed by atoms with van der Waals surface area (Å²) in [6.45, 7) is 0.280. The normalized spacial score (nSPS) is 11.7. The lowest BCUT2D eigenvalue weighted by Gasteiger charge is -2.07. The topological polar surface area (TPSA) is 46.2 Å². The third kappa shape index (κ3) is 3.21. The number of hydrogen-bond acceptors (Lipinski definition) is 3. The molecule has 0 spiro atoms. The first-order valence-electron chi connectivity index (χ1n) is 4.97. The largest absolute Gasteiger partial charge is 0.242 e. The molecule has 2 aromatic rings. The molecule has 7 heteroatoms. The van der Waals surface area contributed by atoms with Crippen LogP contribution in [0.1, 0.15) is 4.88 Å². The molecule has 1 aromatic carbocycles. The van der Waals surface area contributed by atoms with Crippen LogP contribution in [0.2, 0.25) is 0 Å². The highest BCUT2D eigenvalue weighted by atomic mass is 79.9. The Balaban J connectivity index is 2.19. The molecular formula is C11H9Br2NO2S2. The SMILES string of the molecule is O=S(=O)(NCc1sccc1Br)c1ccccc1Br. The number of sulfonamides is 1. The van der Waals surface area contributed by atoms with Gasteiger partial charge in [0.15, 0.2) is 0 Å². The molecule has 1 heterocycles. The molecule has 0 aliphatic carbocycles. The van der Waals surface area contributed by atoms with Gasteiger partial charge < -0.3 is 0 Å². The molecule has 1 N–H and O–H groups in total. The molecule has 0 unspecified atom stereocenters. The summed E-state index contributed by atoms with van der Waals surface area (Å²) in [5.74, 6) is 0. The van der Waals surface area contributed by atoms with Crippen LogP contribution in [0.5, 0.6) is 0 Å². The second-order valence-corrected chi connectivity index (χ2v) is 7.89. The number of hydrogen-bond donors (Lipinski definition) is 1. The van der Waals surface area contributed by atoms with E-state index in [1.807, 2.05) is 11.4 Å². The fraction of sp³-hybridized carbons (Fsp3) is 0.0909. The van der Waals surface area contributed by atoms with Gasteiger partial charge in [-0.15, -0.1) is 11.3 Å². The number of rotatable bonds is 4. The van der Waals surface area contributed by atoms with Gasteiger partial charge in [-0.1, -0.05) is 12.1 Å². The number of nitrogens with one attached hydrogen (secondary N) is 1. The van der Waals surface area contributed by atoms with E-state index in [1.165, 1.54) is 11.3 Å². The van der Waals surface area contributed by atoms with Crippen molar-refractivity contribution < 1.29 is 8.42 Å². The molecular weight excluding hydrogens is 402 g/mol. The first-order chi connectivity index (χ1) is 8.50. The highest BCUT2D eigenvalue weighted by molar-refractivity contribution is 9.10. The summed E-state index contributed by atoms with van der Waals surface area (Å²) < 4.78 is 28.3. The van der Waals surface area contributed by atoms with Crippen molar-refractivity contribution in [1.29, 1.82) is 0 Å². The summed E-state index contributed by atoms with van der Waals surface area (Å²) in [7, 11) is -3.49. The highest BCUT2D eigenvalue weighted by Crippen LogP contribution is 2.24. The van der Waals surface area contributed by atoms with E-state index in [0.29, 0.717) is 4.47 Å². The van der Waals surface area contributed by atoms with Crippen molar-refractivity contribution >= 4 is 53.2 Å². The molecule has 0 amide bonds.